The first kappa shape index (κ1) is 18.7. The molecule has 1 fully saturated rings. The first-order chi connectivity index (χ1) is 13.4. The lowest BCUT2D eigenvalue weighted by molar-refractivity contribution is 0.367. The Morgan fingerprint density at radius 1 is 1.00 bits per heavy atom. The van der Waals surface area contributed by atoms with Crippen LogP contribution in [-0.4, -0.2) is 26.6 Å². The Labute approximate surface area is 172 Å². The number of aromatic nitrogens is 2. The molecule has 1 aliphatic rings. The van der Waals surface area contributed by atoms with Crippen LogP contribution in [0.1, 0.15) is 45.9 Å². The number of para-hydroxylation sites is 1. The van der Waals surface area contributed by atoms with E-state index in [1.54, 1.807) is 0 Å². The molecule has 0 radical (unpaired) electrons. The third-order valence-corrected chi connectivity index (χ3v) is 6.20. The molecule has 5 heteroatoms. The van der Waals surface area contributed by atoms with Crippen LogP contribution >= 0.6 is 12.2 Å². The zero-order valence-corrected chi connectivity index (χ0v) is 17.8. The van der Waals surface area contributed by atoms with Gasteiger partial charge in [0.25, 0.3) is 0 Å². The Hall–Kier alpha value is -2.66. The van der Waals surface area contributed by atoms with Crippen LogP contribution < -0.4 is 5.32 Å². The maximum Gasteiger partial charge on any atom is 0.169 e. The second-order valence-electron chi connectivity index (χ2n) is 7.64. The Morgan fingerprint density at radius 3 is 2.36 bits per heavy atom. The average Bonchev–Trinajstić information content (AvgIpc) is 3.12. The molecule has 0 spiro atoms. The molecule has 2 atom stereocenters. The number of aryl methyl sites for hydroxylation is 3. The molecule has 0 amide bonds. The van der Waals surface area contributed by atoms with Crippen molar-refractivity contribution < 1.29 is 0 Å². The average molecular weight is 391 g/mol. The van der Waals surface area contributed by atoms with Gasteiger partial charge in [0.2, 0.25) is 0 Å². The van der Waals surface area contributed by atoms with Crippen LogP contribution in [0.2, 0.25) is 0 Å². The van der Waals surface area contributed by atoms with E-state index >= 15 is 0 Å². The van der Waals surface area contributed by atoms with Crippen LogP contribution in [0, 0.1) is 27.7 Å². The number of benzene rings is 1. The number of pyridine rings is 1. The Kier molecular flexibility index (Phi) is 4.71. The number of hydrogen-bond acceptors (Lipinski definition) is 2. The van der Waals surface area contributed by atoms with Crippen LogP contribution in [0.3, 0.4) is 0 Å². The van der Waals surface area contributed by atoms with Crippen LogP contribution in [0.25, 0.3) is 5.69 Å². The van der Waals surface area contributed by atoms with E-state index in [0.29, 0.717) is 0 Å². The summed E-state index contributed by atoms with van der Waals surface area (Å²) < 4.78 is 2.38. The molecular weight excluding hydrogens is 364 g/mol. The molecule has 0 bridgehead atoms. The monoisotopic (exact) mass is 390 g/mol. The second kappa shape index (κ2) is 7.06. The van der Waals surface area contributed by atoms with Gasteiger partial charge in [0, 0.05) is 24.6 Å². The predicted octanol–water partition coefficient (Wildman–Crippen LogP) is 4.71. The standard InChI is InChI=1S/C23H26N4S/c1-14-9-8-10-15(2)21(14)27-16(3)13-18(17(27)4)22-20(25-23(28)26(22)5)19-11-6-7-12-24-19/h6-13,20,22H,1-5H3,(H,25,28)/t20-,22+/m1/s1. The van der Waals surface area contributed by atoms with Crippen molar-refractivity contribution in [3.05, 3.63) is 82.4 Å². The summed E-state index contributed by atoms with van der Waals surface area (Å²) in [4.78, 5) is 6.75. The van der Waals surface area contributed by atoms with Crippen molar-refractivity contribution in [2.24, 2.45) is 0 Å². The molecule has 144 valence electrons. The lowest BCUT2D eigenvalue weighted by Gasteiger charge is -2.25. The van der Waals surface area contributed by atoms with Gasteiger partial charge in [-0.15, -0.1) is 0 Å². The van der Waals surface area contributed by atoms with Crippen molar-refractivity contribution in [1.82, 2.24) is 19.8 Å². The fraction of sp³-hybridized carbons (Fsp3) is 0.304. The molecule has 0 saturated carbocycles. The van der Waals surface area contributed by atoms with Gasteiger partial charge in [-0.2, -0.15) is 0 Å². The Balaban J connectivity index is 1.86. The summed E-state index contributed by atoms with van der Waals surface area (Å²) in [6.07, 6.45) is 1.84. The lowest BCUT2D eigenvalue weighted by Crippen LogP contribution is -2.25. The molecule has 28 heavy (non-hydrogen) atoms. The molecule has 3 heterocycles. The number of nitrogens with zero attached hydrogens (tertiary/aromatic N) is 3. The third kappa shape index (κ3) is 2.90. The number of likely N-dealkylation sites (N-methyl/N-ethyl adjacent to an activating group) is 1. The molecule has 1 saturated heterocycles. The summed E-state index contributed by atoms with van der Waals surface area (Å²) in [5, 5.41) is 4.23. The van der Waals surface area contributed by atoms with E-state index < -0.39 is 0 Å². The van der Waals surface area contributed by atoms with Crippen molar-refractivity contribution >= 4 is 17.3 Å². The predicted molar refractivity (Wildman–Crippen MR) is 118 cm³/mol. The minimum Gasteiger partial charge on any atom is -0.352 e. The zero-order chi connectivity index (χ0) is 20.0. The quantitative estimate of drug-likeness (QED) is 0.657. The van der Waals surface area contributed by atoms with Gasteiger partial charge in [0.15, 0.2) is 5.11 Å². The summed E-state index contributed by atoms with van der Waals surface area (Å²) in [7, 11) is 2.06. The van der Waals surface area contributed by atoms with E-state index in [1.165, 1.54) is 33.8 Å². The minimum atomic E-state index is 0.0330. The van der Waals surface area contributed by atoms with Crippen LogP contribution in [-0.2, 0) is 0 Å². The van der Waals surface area contributed by atoms with E-state index in [0.717, 1.165) is 10.8 Å². The fourth-order valence-corrected chi connectivity index (χ4v) is 4.68. The van der Waals surface area contributed by atoms with Crippen LogP contribution in [0.15, 0.2) is 48.7 Å². The molecule has 2 aromatic heterocycles. The maximum atomic E-state index is 5.59. The maximum absolute atomic E-state index is 5.59. The summed E-state index contributed by atoms with van der Waals surface area (Å²) in [6, 6.07) is 15.0. The summed E-state index contributed by atoms with van der Waals surface area (Å²) in [5.74, 6) is 0. The Morgan fingerprint density at radius 2 is 1.71 bits per heavy atom. The SMILES string of the molecule is Cc1cccc(C)c1-n1c(C)cc([C@H]2[C@@H](c3ccccn3)NC(=S)N2C)c1C. The number of rotatable bonds is 3. The van der Waals surface area contributed by atoms with Crippen molar-refractivity contribution in [3.8, 4) is 5.69 Å². The summed E-state index contributed by atoms with van der Waals surface area (Å²) >= 11 is 5.59. The highest BCUT2D eigenvalue weighted by Gasteiger charge is 2.39. The second-order valence-corrected chi connectivity index (χ2v) is 8.03. The first-order valence-corrected chi connectivity index (χ1v) is 10.0. The van der Waals surface area contributed by atoms with Crippen molar-refractivity contribution in [2.75, 3.05) is 7.05 Å². The highest BCUT2D eigenvalue weighted by Crippen LogP contribution is 2.40. The third-order valence-electron chi connectivity index (χ3n) is 5.79. The highest BCUT2D eigenvalue weighted by atomic mass is 32.1. The van der Waals surface area contributed by atoms with E-state index in [4.69, 9.17) is 12.2 Å². The molecule has 1 aromatic carbocycles. The van der Waals surface area contributed by atoms with Crippen molar-refractivity contribution in [3.63, 3.8) is 0 Å². The Bertz CT molecular complexity index is 1020. The molecule has 4 nitrogen and oxygen atoms in total. The van der Waals surface area contributed by atoms with Crippen molar-refractivity contribution in [1.29, 1.82) is 0 Å². The van der Waals surface area contributed by atoms with E-state index in [2.05, 4.69) is 84.8 Å². The zero-order valence-electron chi connectivity index (χ0n) is 17.0. The van der Waals surface area contributed by atoms with E-state index in [-0.39, 0.29) is 12.1 Å². The van der Waals surface area contributed by atoms with Gasteiger partial charge < -0.3 is 14.8 Å². The lowest BCUT2D eigenvalue weighted by atomic mass is 9.97. The van der Waals surface area contributed by atoms with Gasteiger partial charge in [-0.05, 0) is 74.8 Å². The molecule has 3 aromatic rings. The molecular formula is C23H26N4S. The van der Waals surface area contributed by atoms with Gasteiger partial charge in [0.05, 0.1) is 23.5 Å². The van der Waals surface area contributed by atoms with E-state index in [9.17, 15) is 0 Å². The summed E-state index contributed by atoms with van der Waals surface area (Å²) in [5.41, 5.74) is 8.61. The number of hydrogen-bond donors (Lipinski definition) is 1. The van der Waals surface area contributed by atoms with Gasteiger partial charge in [-0.25, -0.2) is 0 Å². The molecule has 0 unspecified atom stereocenters. The van der Waals surface area contributed by atoms with E-state index in [1.807, 2.05) is 18.3 Å². The highest BCUT2D eigenvalue weighted by molar-refractivity contribution is 7.80. The number of thiocarbonyl (C=S) groups is 1. The van der Waals surface area contributed by atoms with Gasteiger partial charge in [0.1, 0.15) is 0 Å². The van der Waals surface area contributed by atoms with Gasteiger partial charge in [-0.3, -0.25) is 4.98 Å². The number of nitrogens with one attached hydrogen (secondary N) is 1. The normalized spacial score (nSPS) is 19.2. The molecule has 1 aliphatic heterocycles. The largest absolute Gasteiger partial charge is 0.352 e. The van der Waals surface area contributed by atoms with Gasteiger partial charge in [-0.1, -0.05) is 24.3 Å². The van der Waals surface area contributed by atoms with Crippen LogP contribution in [0.5, 0.6) is 0 Å². The molecule has 1 N–H and O–H groups in total. The van der Waals surface area contributed by atoms with Crippen molar-refractivity contribution in [2.45, 2.75) is 39.8 Å². The van der Waals surface area contributed by atoms with Crippen LogP contribution in [0.4, 0.5) is 0 Å². The summed E-state index contributed by atoms with van der Waals surface area (Å²) in [6.45, 7) is 8.74. The molecule has 0 aliphatic carbocycles. The van der Waals surface area contributed by atoms with Gasteiger partial charge >= 0.3 is 0 Å². The first-order valence-electron chi connectivity index (χ1n) is 9.60. The minimum absolute atomic E-state index is 0.0330. The topological polar surface area (TPSA) is 33.1 Å². The fourth-order valence-electron chi connectivity index (χ4n) is 4.44. The molecule has 4 rings (SSSR count). The smallest absolute Gasteiger partial charge is 0.169 e.